The van der Waals surface area contributed by atoms with Crippen molar-refractivity contribution >= 4 is 17.7 Å². The first-order valence-electron chi connectivity index (χ1n) is 13.6. The number of carbonyl (C=O) groups excluding carboxylic acids is 3. The maximum atomic E-state index is 14.3. The van der Waals surface area contributed by atoms with Crippen molar-refractivity contribution in [2.24, 2.45) is 17.8 Å². The molecule has 3 amide bonds. The topological polar surface area (TPSA) is 90.4 Å². The van der Waals surface area contributed by atoms with E-state index in [1.807, 2.05) is 34.6 Å². The van der Waals surface area contributed by atoms with E-state index in [1.54, 1.807) is 26.9 Å². The molecule has 1 spiro atoms. The number of nitrogens with zero attached hydrogens (tertiary/aromatic N) is 3. The molecule has 2 unspecified atom stereocenters. The van der Waals surface area contributed by atoms with Crippen LogP contribution in [0.4, 0.5) is 0 Å². The molecule has 3 rings (SSSR count). The summed E-state index contributed by atoms with van der Waals surface area (Å²) in [6, 6.07) is -1.53. The number of amides is 3. The standard InChI is InChI=1S/C28H45N3O5/c1-8-14-29(15-9-2)25(33)22-21-12-13-28(36-21)23(22)26(34)31(20(17-32)19(7)11-4)24(28)27(35)30(16-10-3)18(5)6/h8,10,18-24,32H,1,3,9,11-17H2,2,4-7H3/t19-,20-,21+,22-,23-,24?,28?/m0/s1. The SMILES string of the molecule is C=CCN(CCC)C(=O)[C@@H]1[C@H]2C(=O)N([C@@H](CO)[C@@H](C)CC)C(C(=O)N(CC=C)C(C)C)C23CC[C@H]1O3. The normalized spacial score (nSPS) is 30.3. The van der Waals surface area contributed by atoms with E-state index in [1.165, 1.54) is 0 Å². The Bertz CT molecular complexity index is 860. The molecule has 3 saturated heterocycles. The van der Waals surface area contributed by atoms with Crippen molar-refractivity contribution in [1.29, 1.82) is 0 Å². The van der Waals surface area contributed by atoms with Crippen LogP contribution < -0.4 is 0 Å². The quantitative estimate of drug-likeness (QED) is 0.390. The fourth-order valence-electron chi connectivity index (χ4n) is 6.60. The fourth-order valence-corrected chi connectivity index (χ4v) is 6.60. The zero-order valence-corrected chi connectivity index (χ0v) is 22.7. The molecular formula is C28H45N3O5. The summed E-state index contributed by atoms with van der Waals surface area (Å²) in [5.41, 5.74) is -1.07. The van der Waals surface area contributed by atoms with E-state index >= 15 is 0 Å². The van der Waals surface area contributed by atoms with Gasteiger partial charge in [0.05, 0.1) is 30.6 Å². The number of carbonyl (C=O) groups is 3. The molecule has 0 saturated carbocycles. The first-order chi connectivity index (χ1) is 17.1. The molecule has 3 aliphatic rings. The van der Waals surface area contributed by atoms with Crippen LogP contribution in [0.2, 0.25) is 0 Å². The molecule has 0 radical (unpaired) electrons. The maximum Gasteiger partial charge on any atom is 0.248 e. The van der Waals surface area contributed by atoms with Gasteiger partial charge in [-0.25, -0.2) is 0 Å². The lowest BCUT2D eigenvalue weighted by atomic mass is 9.70. The van der Waals surface area contributed by atoms with Crippen molar-refractivity contribution in [2.45, 2.75) is 90.1 Å². The molecule has 202 valence electrons. The molecule has 2 bridgehead atoms. The molecular weight excluding hydrogens is 458 g/mol. The molecule has 1 N–H and O–H groups in total. The summed E-state index contributed by atoms with van der Waals surface area (Å²) in [7, 11) is 0. The summed E-state index contributed by atoms with van der Waals surface area (Å²) in [6.45, 7) is 18.6. The van der Waals surface area contributed by atoms with Gasteiger partial charge < -0.3 is 24.5 Å². The van der Waals surface area contributed by atoms with Crippen LogP contribution in [0.3, 0.4) is 0 Å². The summed E-state index contributed by atoms with van der Waals surface area (Å²) < 4.78 is 6.58. The number of rotatable bonds is 13. The number of hydrogen-bond donors (Lipinski definition) is 1. The second-order valence-corrected chi connectivity index (χ2v) is 10.9. The molecule has 3 heterocycles. The largest absolute Gasteiger partial charge is 0.394 e. The minimum Gasteiger partial charge on any atom is -0.394 e. The number of fused-ring (bicyclic) bond motifs is 1. The lowest BCUT2D eigenvalue weighted by Gasteiger charge is -2.41. The van der Waals surface area contributed by atoms with Crippen LogP contribution in [0.25, 0.3) is 0 Å². The number of ether oxygens (including phenoxy) is 1. The zero-order chi connectivity index (χ0) is 26.8. The summed E-state index contributed by atoms with van der Waals surface area (Å²) >= 11 is 0. The summed E-state index contributed by atoms with van der Waals surface area (Å²) in [6.07, 6.45) is 5.69. The molecule has 36 heavy (non-hydrogen) atoms. The Hall–Kier alpha value is -2.19. The van der Waals surface area contributed by atoms with Gasteiger partial charge in [-0.05, 0) is 39.0 Å². The molecule has 3 fully saturated rings. The summed E-state index contributed by atoms with van der Waals surface area (Å²) in [5, 5.41) is 10.4. The minimum absolute atomic E-state index is 0.0277. The number of hydrogen-bond acceptors (Lipinski definition) is 5. The minimum atomic E-state index is -1.07. The van der Waals surface area contributed by atoms with Gasteiger partial charge in [0.2, 0.25) is 17.7 Å². The third-order valence-corrected chi connectivity index (χ3v) is 8.49. The van der Waals surface area contributed by atoms with Gasteiger partial charge in [0.1, 0.15) is 11.6 Å². The van der Waals surface area contributed by atoms with E-state index in [2.05, 4.69) is 13.2 Å². The van der Waals surface area contributed by atoms with Gasteiger partial charge in [-0.1, -0.05) is 39.3 Å². The molecule has 0 aromatic carbocycles. The number of aliphatic hydroxyl groups is 1. The van der Waals surface area contributed by atoms with Gasteiger partial charge in [-0.3, -0.25) is 14.4 Å². The van der Waals surface area contributed by atoms with Crippen LogP contribution in [-0.2, 0) is 19.1 Å². The Morgan fingerprint density at radius 1 is 1.19 bits per heavy atom. The highest BCUT2D eigenvalue weighted by Crippen LogP contribution is 2.59. The van der Waals surface area contributed by atoms with Crippen molar-refractivity contribution in [3.05, 3.63) is 25.3 Å². The highest BCUT2D eigenvalue weighted by Gasteiger charge is 2.75. The van der Waals surface area contributed by atoms with Crippen LogP contribution in [0.15, 0.2) is 25.3 Å². The third-order valence-electron chi connectivity index (χ3n) is 8.49. The Kier molecular flexibility index (Phi) is 9.04. The fraction of sp³-hybridized carbons (Fsp3) is 0.750. The van der Waals surface area contributed by atoms with Crippen LogP contribution in [0.5, 0.6) is 0 Å². The zero-order valence-electron chi connectivity index (χ0n) is 22.7. The molecule has 0 aliphatic carbocycles. The van der Waals surface area contributed by atoms with Gasteiger partial charge in [-0.2, -0.15) is 0 Å². The highest BCUT2D eigenvalue weighted by molar-refractivity contribution is 5.99. The van der Waals surface area contributed by atoms with Gasteiger partial charge in [0.15, 0.2) is 0 Å². The monoisotopic (exact) mass is 503 g/mol. The second-order valence-electron chi connectivity index (χ2n) is 10.9. The van der Waals surface area contributed by atoms with Gasteiger partial charge in [0.25, 0.3) is 0 Å². The van der Waals surface area contributed by atoms with Crippen molar-refractivity contribution < 1.29 is 24.2 Å². The Labute approximate surface area is 216 Å². The van der Waals surface area contributed by atoms with Gasteiger partial charge in [-0.15, -0.1) is 13.2 Å². The molecule has 3 aliphatic heterocycles. The molecule has 8 nitrogen and oxygen atoms in total. The lowest BCUT2D eigenvalue weighted by molar-refractivity contribution is -0.154. The average molecular weight is 504 g/mol. The Balaban J connectivity index is 2.12. The third kappa shape index (κ3) is 4.51. The Morgan fingerprint density at radius 2 is 1.86 bits per heavy atom. The van der Waals surface area contributed by atoms with E-state index in [-0.39, 0.29) is 36.3 Å². The van der Waals surface area contributed by atoms with E-state index in [9.17, 15) is 19.5 Å². The van der Waals surface area contributed by atoms with Gasteiger partial charge >= 0.3 is 0 Å². The van der Waals surface area contributed by atoms with E-state index in [0.717, 1.165) is 12.8 Å². The number of likely N-dealkylation sites (tertiary alicyclic amines) is 1. The highest BCUT2D eigenvalue weighted by atomic mass is 16.5. The molecule has 0 aromatic heterocycles. The predicted octanol–water partition coefficient (Wildman–Crippen LogP) is 2.62. The molecule has 8 heteroatoms. The van der Waals surface area contributed by atoms with Crippen LogP contribution in [0.1, 0.15) is 60.3 Å². The van der Waals surface area contributed by atoms with E-state index in [4.69, 9.17) is 4.74 Å². The van der Waals surface area contributed by atoms with Crippen molar-refractivity contribution in [3.8, 4) is 0 Å². The van der Waals surface area contributed by atoms with Gasteiger partial charge in [0, 0.05) is 25.7 Å². The van der Waals surface area contributed by atoms with Crippen LogP contribution >= 0.6 is 0 Å². The molecule has 7 atom stereocenters. The average Bonchev–Trinajstić information content (AvgIpc) is 3.49. The lowest BCUT2D eigenvalue weighted by Crippen LogP contribution is -2.60. The first kappa shape index (κ1) is 28.4. The summed E-state index contributed by atoms with van der Waals surface area (Å²) in [4.78, 5) is 47.4. The molecule has 0 aromatic rings. The smallest absolute Gasteiger partial charge is 0.248 e. The number of aliphatic hydroxyl groups excluding tert-OH is 1. The predicted molar refractivity (Wildman–Crippen MR) is 139 cm³/mol. The maximum absolute atomic E-state index is 14.3. The Morgan fingerprint density at radius 3 is 2.39 bits per heavy atom. The van der Waals surface area contributed by atoms with E-state index in [0.29, 0.717) is 32.5 Å². The van der Waals surface area contributed by atoms with Crippen LogP contribution in [-0.4, -0.2) is 93.6 Å². The van der Waals surface area contributed by atoms with Crippen molar-refractivity contribution in [3.63, 3.8) is 0 Å². The second kappa shape index (κ2) is 11.5. The van der Waals surface area contributed by atoms with Crippen LogP contribution in [0, 0.1) is 17.8 Å². The van der Waals surface area contributed by atoms with Crippen molar-refractivity contribution in [2.75, 3.05) is 26.2 Å². The van der Waals surface area contributed by atoms with E-state index < -0.39 is 35.6 Å². The van der Waals surface area contributed by atoms with Crippen molar-refractivity contribution in [1.82, 2.24) is 14.7 Å². The summed E-state index contributed by atoms with van der Waals surface area (Å²) in [5.74, 6) is -1.96. The first-order valence-corrected chi connectivity index (χ1v) is 13.6.